The van der Waals surface area contributed by atoms with Gasteiger partial charge in [-0.15, -0.1) is 0 Å². The van der Waals surface area contributed by atoms with Crippen LogP contribution in [0.5, 0.6) is 0 Å². The van der Waals surface area contributed by atoms with E-state index in [0.717, 1.165) is 71.6 Å². The second-order valence-corrected chi connectivity index (χ2v) is 7.75. The summed E-state index contributed by atoms with van der Waals surface area (Å²) in [5.41, 5.74) is 3.21. The van der Waals surface area contributed by atoms with Crippen LogP contribution in [-0.2, 0) is 6.18 Å². The Balaban J connectivity index is 1.40. The minimum Gasteiger partial charge on any atom is -0.371 e. The van der Waals surface area contributed by atoms with Crippen LogP contribution >= 0.6 is 0 Å². The van der Waals surface area contributed by atoms with E-state index >= 15 is 0 Å². The Hall–Kier alpha value is -3.02. The average Bonchev–Trinajstić information content (AvgIpc) is 2.74. The van der Waals surface area contributed by atoms with E-state index in [1.54, 1.807) is 12.1 Å². The molecule has 6 heteroatoms. The van der Waals surface area contributed by atoms with Gasteiger partial charge < -0.3 is 10.2 Å². The molecule has 1 aromatic heterocycles. The van der Waals surface area contributed by atoms with Crippen molar-refractivity contribution in [2.24, 2.45) is 5.92 Å². The highest BCUT2D eigenvalue weighted by Gasteiger charge is 2.30. The first-order valence-corrected chi connectivity index (χ1v) is 10.1. The number of aryl methyl sites for hydroxylation is 1. The summed E-state index contributed by atoms with van der Waals surface area (Å²) < 4.78 is 38.3. The van der Waals surface area contributed by atoms with Gasteiger partial charge >= 0.3 is 6.18 Å². The van der Waals surface area contributed by atoms with Crippen LogP contribution in [0.15, 0.2) is 67.0 Å². The molecule has 1 aliphatic heterocycles. The van der Waals surface area contributed by atoms with Gasteiger partial charge in [0, 0.05) is 58.7 Å². The molecule has 1 N–H and O–H groups in total. The maximum absolute atomic E-state index is 12.8. The lowest BCUT2D eigenvalue weighted by Crippen LogP contribution is -2.35. The Morgan fingerprint density at radius 2 is 1.73 bits per heavy atom. The van der Waals surface area contributed by atoms with E-state index in [1.165, 1.54) is 0 Å². The summed E-state index contributed by atoms with van der Waals surface area (Å²) in [7, 11) is 0. The Bertz CT molecular complexity index is 1050. The standard InChI is InChI=1S/C24H24F3N3/c1-16(29-23-5-3-4-21-17(2)28-13-10-22(21)23)18-11-14-30(15-12-18)20-8-6-19(7-9-20)24(25,26)27/h3-10,13,18,29H,1,11-12,14-15H2,2H3. The van der Waals surface area contributed by atoms with Crippen molar-refractivity contribution >= 4 is 22.1 Å². The van der Waals surface area contributed by atoms with Crippen LogP contribution in [0.2, 0.25) is 0 Å². The van der Waals surface area contributed by atoms with Gasteiger partial charge in [0.15, 0.2) is 0 Å². The van der Waals surface area contributed by atoms with Gasteiger partial charge in [-0.2, -0.15) is 13.2 Å². The highest BCUT2D eigenvalue weighted by Crippen LogP contribution is 2.33. The molecule has 3 nitrogen and oxygen atoms in total. The van der Waals surface area contributed by atoms with Gasteiger partial charge in [0.2, 0.25) is 0 Å². The molecule has 0 unspecified atom stereocenters. The molecule has 0 saturated carbocycles. The summed E-state index contributed by atoms with van der Waals surface area (Å²) in [6.45, 7) is 7.84. The van der Waals surface area contributed by atoms with Crippen LogP contribution < -0.4 is 10.2 Å². The third-order valence-electron chi connectivity index (χ3n) is 5.85. The first-order valence-electron chi connectivity index (χ1n) is 10.1. The molecule has 0 radical (unpaired) electrons. The molecule has 0 bridgehead atoms. The summed E-state index contributed by atoms with van der Waals surface area (Å²) in [6, 6.07) is 13.5. The monoisotopic (exact) mass is 411 g/mol. The molecular weight excluding hydrogens is 387 g/mol. The molecule has 1 aliphatic rings. The average molecular weight is 411 g/mol. The van der Waals surface area contributed by atoms with Crippen molar-refractivity contribution in [1.82, 2.24) is 4.98 Å². The van der Waals surface area contributed by atoms with Crippen molar-refractivity contribution in [3.8, 4) is 0 Å². The first kappa shape index (κ1) is 20.3. The van der Waals surface area contributed by atoms with Gasteiger partial charge in [0.25, 0.3) is 0 Å². The molecule has 0 atom stereocenters. The normalized spacial score (nSPS) is 15.4. The number of fused-ring (bicyclic) bond motifs is 1. The number of alkyl halides is 3. The number of nitrogens with one attached hydrogen (secondary N) is 1. The molecule has 2 heterocycles. The van der Waals surface area contributed by atoms with Crippen molar-refractivity contribution < 1.29 is 13.2 Å². The Kier molecular flexibility index (Phi) is 5.41. The minimum absolute atomic E-state index is 0.314. The molecule has 4 rings (SSSR count). The molecule has 0 spiro atoms. The maximum atomic E-state index is 12.8. The number of pyridine rings is 1. The van der Waals surface area contributed by atoms with E-state index in [-0.39, 0.29) is 0 Å². The van der Waals surface area contributed by atoms with Gasteiger partial charge in [-0.3, -0.25) is 4.98 Å². The van der Waals surface area contributed by atoms with Gasteiger partial charge in [0.05, 0.1) is 5.56 Å². The summed E-state index contributed by atoms with van der Waals surface area (Å²) in [5, 5.41) is 5.73. The number of nitrogens with zero attached hydrogens (tertiary/aromatic N) is 2. The lowest BCUT2D eigenvalue weighted by atomic mass is 9.93. The van der Waals surface area contributed by atoms with Crippen molar-refractivity contribution in [3.05, 3.63) is 78.3 Å². The fourth-order valence-electron chi connectivity index (χ4n) is 4.08. The number of hydrogen-bond donors (Lipinski definition) is 1. The summed E-state index contributed by atoms with van der Waals surface area (Å²) >= 11 is 0. The van der Waals surface area contributed by atoms with Gasteiger partial charge in [-0.25, -0.2) is 0 Å². The van der Waals surface area contributed by atoms with Gasteiger partial charge in [0.1, 0.15) is 0 Å². The smallest absolute Gasteiger partial charge is 0.371 e. The Morgan fingerprint density at radius 1 is 1.03 bits per heavy atom. The third kappa shape index (κ3) is 4.13. The molecule has 156 valence electrons. The second-order valence-electron chi connectivity index (χ2n) is 7.75. The van der Waals surface area contributed by atoms with Crippen LogP contribution in [0.1, 0.15) is 24.1 Å². The molecule has 3 aromatic rings. The molecule has 2 aromatic carbocycles. The number of hydrogen-bond acceptors (Lipinski definition) is 3. The summed E-state index contributed by atoms with van der Waals surface area (Å²) in [5.74, 6) is 0.314. The zero-order chi connectivity index (χ0) is 21.3. The van der Waals surface area contributed by atoms with Gasteiger partial charge in [-0.1, -0.05) is 18.7 Å². The van der Waals surface area contributed by atoms with Crippen LogP contribution in [0.25, 0.3) is 10.8 Å². The Morgan fingerprint density at radius 3 is 2.40 bits per heavy atom. The highest BCUT2D eigenvalue weighted by molar-refractivity contribution is 5.95. The second kappa shape index (κ2) is 8.01. The Labute approximate surface area is 174 Å². The van der Waals surface area contributed by atoms with E-state index in [4.69, 9.17) is 0 Å². The van der Waals surface area contributed by atoms with Crippen LogP contribution in [-0.4, -0.2) is 18.1 Å². The largest absolute Gasteiger partial charge is 0.416 e. The number of allylic oxidation sites excluding steroid dienone is 1. The van der Waals surface area contributed by atoms with E-state index in [9.17, 15) is 13.2 Å². The first-order chi connectivity index (χ1) is 14.3. The number of aromatic nitrogens is 1. The van der Waals surface area contributed by atoms with Crippen LogP contribution in [0.4, 0.5) is 24.5 Å². The zero-order valence-corrected chi connectivity index (χ0v) is 16.8. The van der Waals surface area contributed by atoms with Crippen molar-refractivity contribution in [1.29, 1.82) is 0 Å². The van der Waals surface area contributed by atoms with Crippen molar-refractivity contribution in [3.63, 3.8) is 0 Å². The number of anilines is 2. The highest BCUT2D eigenvalue weighted by atomic mass is 19.4. The number of benzene rings is 2. The fourth-order valence-corrected chi connectivity index (χ4v) is 4.08. The summed E-state index contributed by atoms with van der Waals surface area (Å²) in [6.07, 6.45) is -0.685. The number of halogens is 3. The summed E-state index contributed by atoms with van der Waals surface area (Å²) in [4.78, 5) is 6.49. The van der Waals surface area contributed by atoms with Crippen molar-refractivity contribution in [2.75, 3.05) is 23.3 Å². The van der Waals surface area contributed by atoms with E-state index < -0.39 is 11.7 Å². The number of rotatable bonds is 4. The maximum Gasteiger partial charge on any atom is 0.416 e. The third-order valence-corrected chi connectivity index (χ3v) is 5.85. The SMILES string of the molecule is C=C(Nc1cccc2c(C)nccc12)C1CCN(c2ccc(C(F)(F)F)cc2)CC1. The minimum atomic E-state index is -4.30. The fraction of sp³-hybridized carbons (Fsp3) is 0.292. The molecule has 0 amide bonds. The molecular formula is C24H24F3N3. The predicted octanol–water partition coefficient (Wildman–Crippen LogP) is 6.40. The molecule has 1 fully saturated rings. The topological polar surface area (TPSA) is 28.2 Å². The van der Waals surface area contributed by atoms with E-state index in [2.05, 4.69) is 27.8 Å². The lowest BCUT2D eigenvalue weighted by Gasteiger charge is -2.35. The van der Waals surface area contributed by atoms with Crippen LogP contribution in [0, 0.1) is 12.8 Å². The molecule has 0 aliphatic carbocycles. The van der Waals surface area contributed by atoms with E-state index in [1.807, 2.05) is 31.3 Å². The van der Waals surface area contributed by atoms with Crippen molar-refractivity contribution in [2.45, 2.75) is 25.9 Å². The van der Waals surface area contributed by atoms with Gasteiger partial charge in [-0.05, 0) is 56.2 Å². The number of piperidine rings is 1. The van der Waals surface area contributed by atoms with E-state index in [0.29, 0.717) is 5.92 Å². The predicted molar refractivity (Wildman–Crippen MR) is 116 cm³/mol. The molecule has 1 saturated heterocycles. The lowest BCUT2D eigenvalue weighted by molar-refractivity contribution is -0.137. The molecule has 30 heavy (non-hydrogen) atoms. The quantitative estimate of drug-likeness (QED) is 0.538. The van der Waals surface area contributed by atoms with Crippen LogP contribution in [0.3, 0.4) is 0 Å². The zero-order valence-electron chi connectivity index (χ0n) is 16.8.